The first-order valence-corrected chi connectivity index (χ1v) is 7.89. The van der Waals surface area contributed by atoms with Gasteiger partial charge in [0.15, 0.2) is 0 Å². The van der Waals surface area contributed by atoms with E-state index in [1.54, 1.807) is 18.5 Å². The number of hydrogen-bond acceptors (Lipinski definition) is 4. The van der Waals surface area contributed by atoms with Crippen LogP contribution in [0.25, 0.3) is 10.9 Å². The third-order valence-corrected chi connectivity index (χ3v) is 5.13. The molecule has 2 fully saturated rings. The van der Waals surface area contributed by atoms with E-state index >= 15 is 0 Å². The number of pyridine rings is 2. The molecule has 1 atom stereocenters. The second-order valence-electron chi connectivity index (χ2n) is 5.91. The summed E-state index contributed by atoms with van der Waals surface area (Å²) in [4.78, 5) is 21.0. The molecule has 108 valence electrons. The minimum atomic E-state index is -0.0967. The largest absolute Gasteiger partial charge is 0.346 e. The summed E-state index contributed by atoms with van der Waals surface area (Å²) in [6, 6.07) is 3.87. The molecule has 4 rings (SSSR count). The molecule has 3 heterocycles. The molecule has 1 spiro atoms. The van der Waals surface area contributed by atoms with Gasteiger partial charge < -0.3 is 10.6 Å². The Morgan fingerprint density at radius 1 is 1.38 bits per heavy atom. The number of nitrogens with one attached hydrogen (secondary N) is 2. The first-order chi connectivity index (χ1) is 10.2. The molecule has 1 saturated heterocycles. The Kier molecular flexibility index (Phi) is 2.97. The van der Waals surface area contributed by atoms with Crippen LogP contribution in [0.2, 0.25) is 0 Å². The molecule has 2 aromatic rings. The highest BCUT2D eigenvalue weighted by atomic mass is 79.9. The van der Waals surface area contributed by atoms with Crippen LogP contribution in [0.5, 0.6) is 0 Å². The van der Waals surface area contributed by atoms with E-state index in [1.165, 1.54) is 12.8 Å². The van der Waals surface area contributed by atoms with Crippen molar-refractivity contribution in [3.8, 4) is 0 Å². The van der Waals surface area contributed by atoms with Gasteiger partial charge in [0.25, 0.3) is 5.91 Å². The van der Waals surface area contributed by atoms with E-state index in [4.69, 9.17) is 0 Å². The molecule has 1 aliphatic heterocycles. The van der Waals surface area contributed by atoms with Gasteiger partial charge in [-0.2, -0.15) is 0 Å². The predicted octanol–water partition coefficient (Wildman–Crippen LogP) is 1.87. The highest BCUT2D eigenvalue weighted by molar-refractivity contribution is 9.10. The van der Waals surface area contributed by atoms with Gasteiger partial charge in [-0.15, -0.1) is 0 Å². The summed E-state index contributed by atoms with van der Waals surface area (Å²) >= 11 is 3.43. The van der Waals surface area contributed by atoms with Crippen LogP contribution in [0.15, 0.2) is 29.0 Å². The number of fused-ring (bicyclic) bond motifs is 1. The lowest BCUT2D eigenvalue weighted by atomic mass is 10.0. The normalized spacial score (nSPS) is 22.6. The standard InChI is InChI=1S/C15H15BrN4O/c16-10-6-17-5-9-1-2-11(19-13(9)10)14(21)20-12-7-18-8-15(12)3-4-15/h1-2,5-6,12,18H,3-4,7-8H2,(H,20,21). The van der Waals surface area contributed by atoms with Crippen molar-refractivity contribution in [2.75, 3.05) is 13.1 Å². The number of carbonyl (C=O) groups excluding carboxylic acids is 1. The SMILES string of the molecule is O=C(NC1CNCC12CC2)c1ccc2cncc(Br)c2n1. The number of aromatic nitrogens is 2. The van der Waals surface area contributed by atoms with Gasteiger partial charge in [-0.05, 0) is 40.9 Å². The van der Waals surface area contributed by atoms with Gasteiger partial charge in [-0.25, -0.2) is 4.98 Å². The molecule has 0 radical (unpaired) electrons. The zero-order valence-electron chi connectivity index (χ0n) is 11.4. The second-order valence-corrected chi connectivity index (χ2v) is 6.76. The topological polar surface area (TPSA) is 66.9 Å². The van der Waals surface area contributed by atoms with E-state index in [0.29, 0.717) is 11.1 Å². The summed E-state index contributed by atoms with van der Waals surface area (Å²) in [5, 5.41) is 7.43. The Balaban J connectivity index is 1.61. The maximum Gasteiger partial charge on any atom is 0.270 e. The number of amides is 1. The first-order valence-electron chi connectivity index (χ1n) is 7.10. The molecule has 0 bridgehead atoms. The number of carbonyl (C=O) groups is 1. The van der Waals surface area contributed by atoms with Crippen LogP contribution in [-0.4, -0.2) is 35.0 Å². The molecular formula is C15H15BrN4O. The second kappa shape index (κ2) is 4.74. The number of halogens is 1. The third-order valence-electron chi connectivity index (χ3n) is 4.55. The smallest absolute Gasteiger partial charge is 0.270 e. The quantitative estimate of drug-likeness (QED) is 0.871. The molecular weight excluding hydrogens is 332 g/mol. The van der Waals surface area contributed by atoms with Crippen LogP contribution in [-0.2, 0) is 0 Å². The van der Waals surface area contributed by atoms with Crippen LogP contribution in [0.1, 0.15) is 23.3 Å². The van der Waals surface area contributed by atoms with Gasteiger partial charge >= 0.3 is 0 Å². The summed E-state index contributed by atoms with van der Waals surface area (Å²) in [5.74, 6) is -0.0967. The fourth-order valence-corrected chi connectivity index (χ4v) is 3.50. The third kappa shape index (κ3) is 2.22. The van der Waals surface area contributed by atoms with Crippen molar-refractivity contribution in [1.82, 2.24) is 20.6 Å². The van der Waals surface area contributed by atoms with Crippen LogP contribution in [0, 0.1) is 5.41 Å². The summed E-state index contributed by atoms with van der Waals surface area (Å²) in [6.45, 7) is 1.87. The maximum atomic E-state index is 12.4. The van der Waals surface area contributed by atoms with Gasteiger partial charge in [-0.3, -0.25) is 9.78 Å². The van der Waals surface area contributed by atoms with Crippen LogP contribution in [0.4, 0.5) is 0 Å². The zero-order valence-corrected chi connectivity index (χ0v) is 13.0. The van der Waals surface area contributed by atoms with E-state index in [0.717, 1.165) is 28.5 Å². The Morgan fingerprint density at radius 2 is 2.24 bits per heavy atom. The molecule has 2 aromatic heterocycles. The van der Waals surface area contributed by atoms with Crippen molar-refractivity contribution in [3.63, 3.8) is 0 Å². The van der Waals surface area contributed by atoms with Crippen LogP contribution >= 0.6 is 15.9 Å². The van der Waals surface area contributed by atoms with Gasteiger partial charge in [0.2, 0.25) is 0 Å². The maximum absolute atomic E-state index is 12.4. The molecule has 2 aliphatic rings. The van der Waals surface area contributed by atoms with E-state index in [1.807, 2.05) is 6.07 Å². The number of nitrogens with zero attached hydrogens (tertiary/aromatic N) is 2. The molecule has 1 aliphatic carbocycles. The van der Waals surface area contributed by atoms with E-state index in [-0.39, 0.29) is 11.9 Å². The van der Waals surface area contributed by atoms with Crippen LogP contribution in [0.3, 0.4) is 0 Å². The Bertz CT molecular complexity index is 729. The monoisotopic (exact) mass is 346 g/mol. The summed E-state index contributed by atoms with van der Waals surface area (Å²) in [7, 11) is 0. The van der Waals surface area contributed by atoms with Crippen molar-refractivity contribution in [2.24, 2.45) is 5.41 Å². The van der Waals surface area contributed by atoms with Crippen LogP contribution < -0.4 is 10.6 Å². The van der Waals surface area contributed by atoms with E-state index in [9.17, 15) is 4.79 Å². The van der Waals surface area contributed by atoms with E-state index < -0.39 is 0 Å². The Hall–Kier alpha value is -1.53. The summed E-state index contributed by atoms with van der Waals surface area (Å²) < 4.78 is 0.802. The molecule has 2 N–H and O–H groups in total. The number of rotatable bonds is 2. The molecule has 5 nitrogen and oxygen atoms in total. The van der Waals surface area contributed by atoms with Crippen molar-refractivity contribution in [3.05, 3.63) is 34.7 Å². The Morgan fingerprint density at radius 3 is 3.05 bits per heavy atom. The zero-order chi connectivity index (χ0) is 14.4. The van der Waals surface area contributed by atoms with Crippen molar-refractivity contribution in [2.45, 2.75) is 18.9 Å². The average molecular weight is 347 g/mol. The summed E-state index contributed by atoms with van der Waals surface area (Å²) in [5.41, 5.74) is 1.53. The highest BCUT2D eigenvalue weighted by Crippen LogP contribution is 2.50. The fourth-order valence-electron chi connectivity index (χ4n) is 3.06. The fraction of sp³-hybridized carbons (Fsp3) is 0.400. The molecule has 1 amide bonds. The van der Waals surface area contributed by atoms with E-state index in [2.05, 4.69) is 36.5 Å². The highest BCUT2D eigenvalue weighted by Gasteiger charge is 2.52. The van der Waals surface area contributed by atoms with Gasteiger partial charge in [0, 0.05) is 42.3 Å². The molecule has 1 saturated carbocycles. The Labute approximate surface area is 130 Å². The van der Waals surface area contributed by atoms with Gasteiger partial charge in [0.1, 0.15) is 5.69 Å². The lowest BCUT2D eigenvalue weighted by Crippen LogP contribution is -2.41. The van der Waals surface area contributed by atoms with Gasteiger partial charge in [-0.1, -0.05) is 0 Å². The lowest BCUT2D eigenvalue weighted by Gasteiger charge is -2.18. The minimum absolute atomic E-state index is 0.0967. The van der Waals surface area contributed by atoms with Gasteiger partial charge in [0.05, 0.1) is 9.99 Å². The minimum Gasteiger partial charge on any atom is -0.346 e. The molecule has 0 aromatic carbocycles. The lowest BCUT2D eigenvalue weighted by molar-refractivity contribution is 0.0923. The summed E-state index contributed by atoms with van der Waals surface area (Å²) in [6.07, 6.45) is 5.84. The molecule has 6 heteroatoms. The number of hydrogen-bond donors (Lipinski definition) is 2. The predicted molar refractivity (Wildman–Crippen MR) is 83.0 cm³/mol. The molecule has 1 unspecified atom stereocenters. The van der Waals surface area contributed by atoms with Crippen molar-refractivity contribution in [1.29, 1.82) is 0 Å². The molecule has 21 heavy (non-hydrogen) atoms. The van der Waals surface area contributed by atoms with Crippen molar-refractivity contribution >= 4 is 32.7 Å². The van der Waals surface area contributed by atoms with Crippen molar-refractivity contribution < 1.29 is 4.79 Å². The first kappa shape index (κ1) is 13.2. The average Bonchev–Trinajstić information content (AvgIpc) is 3.16.